The fraction of sp³-hybridized carbons (Fsp3) is 0.259. The molecule has 0 saturated heterocycles. The average molecular weight is 431 g/mol. The molecular weight excluding hydrogens is 400 g/mol. The van der Waals surface area contributed by atoms with E-state index in [4.69, 9.17) is 4.74 Å². The number of unbranched alkanes of at least 4 members (excludes halogenated alkanes) is 3. The van der Waals surface area contributed by atoms with Crippen LogP contribution in [0.1, 0.15) is 58.9 Å². The van der Waals surface area contributed by atoms with E-state index in [0.29, 0.717) is 35.7 Å². The second-order valence-corrected chi connectivity index (χ2v) is 7.57. The van der Waals surface area contributed by atoms with Gasteiger partial charge in [0.1, 0.15) is 5.75 Å². The van der Waals surface area contributed by atoms with Crippen molar-refractivity contribution in [2.24, 2.45) is 0 Å². The molecule has 0 heterocycles. The second kappa shape index (κ2) is 12.3. The summed E-state index contributed by atoms with van der Waals surface area (Å²) < 4.78 is 5.87. The van der Waals surface area contributed by atoms with Crippen LogP contribution < -0.4 is 15.4 Å². The Balaban J connectivity index is 1.66. The van der Waals surface area contributed by atoms with Crippen LogP contribution in [0.2, 0.25) is 0 Å². The topological polar surface area (TPSA) is 67.4 Å². The number of para-hydroxylation sites is 2. The highest BCUT2D eigenvalue weighted by molar-refractivity contribution is 6.10. The molecule has 5 nitrogen and oxygen atoms in total. The zero-order chi connectivity index (χ0) is 22.6. The van der Waals surface area contributed by atoms with Gasteiger partial charge in [0.2, 0.25) is 0 Å². The van der Waals surface area contributed by atoms with Crippen molar-refractivity contribution in [3.8, 4) is 5.75 Å². The predicted octanol–water partition coefficient (Wildman–Crippen LogP) is 5.83. The van der Waals surface area contributed by atoms with Gasteiger partial charge in [-0.05, 0) is 36.2 Å². The molecular formula is C27H30N2O3. The van der Waals surface area contributed by atoms with Gasteiger partial charge in [0, 0.05) is 6.54 Å². The molecule has 0 aliphatic heterocycles. The Morgan fingerprint density at radius 1 is 0.750 bits per heavy atom. The number of carbonyl (C=O) groups excluding carboxylic acids is 2. The van der Waals surface area contributed by atoms with Gasteiger partial charge < -0.3 is 15.4 Å². The molecule has 0 aliphatic rings. The van der Waals surface area contributed by atoms with E-state index in [-0.39, 0.29) is 11.8 Å². The Hall–Kier alpha value is -3.60. The molecule has 3 aromatic rings. The van der Waals surface area contributed by atoms with E-state index in [0.717, 1.165) is 24.8 Å². The Kier molecular flexibility index (Phi) is 8.87. The first kappa shape index (κ1) is 23.1. The number of ether oxygens (including phenoxy) is 1. The minimum Gasteiger partial charge on any atom is -0.493 e. The molecule has 0 bridgehead atoms. The van der Waals surface area contributed by atoms with Crippen LogP contribution in [0, 0.1) is 0 Å². The normalized spacial score (nSPS) is 10.4. The van der Waals surface area contributed by atoms with Crippen molar-refractivity contribution in [1.82, 2.24) is 5.32 Å². The average Bonchev–Trinajstić information content (AvgIpc) is 2.83. The molecule has 3 rings (SSSR count). The predicted molar refractivity (Wildman–Crippen MR) is 128 cm³/mol. The number of nitrogens with one attached hydrogen (secondary N) is 2. The summed E-state index contributed by atoms with van der Waals surface area (Å²) >= 11 is 0. The third-order valence-electron chi connectivity index (χ3n) is 5.10. The molecule has 0 fully saturated rings. The van der Waals surface area contributed by atoms with E-state index in [1.165, 1.54) is 6.42 Å². The van der Waals surface area contributed by atoms with Crippen molar-refractivity contribution >= 4 is 17.5 Å². The summed E-state index contributed by atoms with van der Waals surface area (Å²) in [6, 6.07) is 23.9. The van der Waals surface area contributed by atoms with Crippen molar-refractivity contribution in [3.05, 3.63) is 95.6 Å². The van der Waals surface area contributed by atoms with Crippen LogP contribution in [0.3, 0.4) is 0 Å². The van der Waals surface area contributed by atoms with Gasteiger partial charge in [0.05, 0.1) is 23.4 Å². The summed E-state index contributed by atoms with van der Waals surface area (Å²) in [6.45, 7) is 3.15. The maximum atomic E-state index is 13.0. The first-order valence-electron chi connectivity index (χ1n) is 11.1. The van der Waals surface area contributed by atoms with E-state index in [1.54, 1.807) is 42.5 Å². The lowest BCUT2D eigenvalue weighted by Crippen LogP contribution is -2.25. The molecule has 0 saturated carbocycles. The van der Waals surface area contributed by atoms with Gasteiger partial charge in [-0.2, -0.15) is 0 Å². The molecule has 0 atom stereocenters. The third kappa shape index (κ3) is 6.71. The number of hydrogen-bond acceptors (Lipinski definition) is 3. The smallest absolute Gasteiger partial charge is 0.259 e. The lowest BCUT2D eigenvalue weighted by atomic mass is 10.1. The van der Waals surface area contributed by atoms with E-state index in [9.17, 15) is 9.59 Å². The molecule has 0 aromatic heterocycles. The highest BCUT2D eigenvalue weighted by atomic mass is 16.5. The van der Waals surface area contributed by atoms with E-state index in [2.05, 4.69) is 17.6 Å². The highest BCUT2D eigenvalue weighted by Crippen LogP contribution is 2.22. The zero-order valence-electron chi connectivity index (χ0n) is 18.5. The fourth-order valence-corrected chi connectivity index (χ4v) is 3.34. The molecule has 3 aromatic carbocycles. The Morgan fingerprint density at radius 3 is 2.22 bits per heavy atom. The van der Waals surface area contributed by atoms with Gasteiger partial charge in [-0.25, -0.2) is 0 Å². The van der Waals surface area contributed by atoms with Gasteiger partial charge in [-0.15, -0.1) is 0 Å². The Labute approximate surface area is 189 Å². The molecule has 0 radical (unpaired) electrons. The number of benzene rings is 3. The minimum atomic E-state index is -0.308. The van der Waals surface area contributed by atoms with Crippen LogP contribution in [-0.2, 0) is 6.54 Å². The van der Waals surface area contributed by atoms with Crippen LogP contribution >= 0.6 is 0 Å². The largest absolute Gasteiger partial charge is 0.493 e. The van der Waals surface area contributed by atoms with Gasteiger partial charge in [0.15, 0.2) is 0 Å². The highest BCUT2D eigenvalue weighted by Gasteiger charge is 2.16. The monoisotopic (exact) mass is 430 g/mol. The molecule has 2 N–H and O–H groups in total. The van der Waals surface area contributed by atoms with Crippen LogP contribution in [0.25, 0.3) is 0 Å². The van der Waals surface area contributed by atoms with Gasteiger partial charge >= 0.3 is 0 Å². The van der Waals surface area contributed by atoms with Gasteiger partial charge in [-0.3, -0.25) is 9.59 Å². The quantitative estimate of drug-likeness (QED) is 0.376. The molecule has 32 heavy (non-hydrogen) atoms. The van der Waals surface area contributed by atoms with Gasteiger partial charge in [0.25, 0.3) is 11.8 Å². The van der Waals surface area contributed by atoms with Crippen LogP contribution in [0.5, 0.6) is 5.75 Å². The van der Waals surface area contributed by atoms with Gasteiger partial charge in [-0.1, -0.05) is 80.8 Å². The van der Waals surface area contributed by atoms with Crippen LogP contribution in [0.15, 0.2) is 78.9 Å². The Bertz CT molecular complexity index is 1020. The summed E-state index contributed by atoms with van der Waals surface area (Å²) in [6.07, 6.45) is 4.40. The first-order valence-corrected chi connectivity index (χ1v) is 11.1. The molecule has 5 heteroatoms. The molecule has 166 valence electrons. The lowest BCUT2D eigenvalue weighted by Gasteiger charge is -2.14. The fourth-order valence-electron chi connectivity index (χ4n) is 3.34. The summed E-state index contributed by atoms with van der Waals surface area (Å²) in [5, 5.41) is 5.79. The van der Waals surface area contributed by atoms with Crippen molar-refractivity contribution in [3.63, 3.8) is 0 Å². The molecule has 0 aliphatic carbocycles. The number of anilines is 1. The van der Waals surface area contributed by atoms with Crippen molar-refractivity contribution < 1.29 is 14.3 Å². The molecule has 0 spiro atoms. The first-order chi connectivity index (χ1) is 15.7. The van der Waals surface area contributed by atoms with E-state index >= 15 is 0 Å². The summed E-state index contributed by atoms with van der Waals surface area (Å²) in [4.78, 5) is 25.8. The Morgan fingerprint density at radius 2 is 1.44 bits per heavy atom. The summed E-state index contributed by atoms with van der Waals surface area (Å²) in [5.74, 6) is -0.00445. The summed E-state index contributed by atoms with van der Waals surface area (Å²) in [7, 11) is 0. The third-order valence-corrected chi connectivity index (χ3v) is 5.10. The second-order valence-electron chi connectivity index (χ2n) is 7.57. The van der Waals surface area contributed by atoms with E-state index < -0.39 is 0 Å². The number of carbonyl (C=O) groups is 2. The van der Waals surface area contributed by atoms with E-state index in [1.807, 2.05) is 36.4 Å². The minimum absolute atomic E-state index is 0.245. The standard InChI is InChI=1S/C27H30N2O3/c1-2-3-4-12-19-32-25-18-11-9-16-23(25)27(31)29-24-17-10-8-15-22(24)26(30)28-20-21-13-6-5-7-14-21/h5-11,13-18H,2-4,12,19-20H2,1H3,(H,28,30)(H,29,31). The maximum Gasteiger partial charge on any atom is 0.259 e. The number of hydrogen-bond donors (Lipinski definition) is 2. The maximum absolute atomic E-state index is 13.0. The lowest BCUT2D eigenvalue weighted by molar-refractivity contribution is 0.0952. The van der Waals surface area contributed by atoms with Crippen molar-refractivity contribution in [2.45, 2.75) is 39.2 Å². The van der Waals surface area contributed by atoms with Crippen molar-refractivity contribution in [2.75, 3.05) is 11.9 Å². The molecule has 0 unspecified atom stereocenters. The van der Waals surface area contributed by atoms with Crippen molar-refractivity contribution in [1.29, 1.82) is 0 Å². The number of rotatable bonds is 11. The van der Waals surface area contributed by atoms with Crippen LogP contribution in [0.4, 0.5) is 5.69 Å². The zero-order valence-corrected chi connectivity index (χ0v) is 18.5. The van der Waals surface area contributed by atoms with Crippen LogP contribution in [-0.4, -0.2) is 18.4 Å². The SMILES string of the molecule is CCCCCCOc1ccccc1C(=O)Nc1ccccc1C(=O)NCc1ccccc1. The number of amides is 2. The summed E-state index contributed by atoms with van der Waals surface area (Å²) in [5.41, 5.74) is 2.32. The molecule has 2 amide bonds.